The second-order valence-corrected chi connectivity index (χ2v) is 10.5. The van der Waals surface area contributed by atoms with Gasteiger partial charge in [0.15, 0.2) is 0 Å². The second kappa shape index (κ2) is 12.9. The normalized spacial score (nSPS) is 16.8. The van der Waals surface area contributed by atoms with E-state index >= 15 is 0 Å². The Morgan fingerprint density at radius 3 is 1.80 bits per heavy atom. The fourth-order valence-electron chi connectivity index (χ4n) is 5.63. The summed E-state index contributed by atoms with van der Waals surface area (Å²) < 4.78 is 23.7. The number of amides is 1. The van der Waals surface area contributed by atoms with E-state index in [4.69, 9.17) is 18.9 Å². The van der Waals surface area contributed by atoms with Crippen LogP contribution in [0.1, 0.15) is 35.6 Å². The van der Waals surface area contributed by atoms with E-state index in [0.29, 0.717) is 19.1 Å². The largest absolute Gasteiger partial charge is 0.497 e. The number of ether oxygens (including phenoxy) is 4. The number of hydrogen-bond donors (Lipinski definition) is 0. The zero-order chi connectivity index (χ0) is 28.7. The predicted octanol–water partition coefficient (Wildman–Crippen LogP) is 7.06. The van der Waals surface area contributed by atoms with E-state index in [1.165, 1.54) is 0 Å². The van der Waals surface area contributed by atoms with Crippen LogP contribution >= 0.6 is 0 Å². The summed E-state index contributed by atoms with van der Waals surface area (Å²) in [6.07, 6.45) is 0.516. The number of nitrogens with zero attached hydrogens (tertiary/aromatic N) is 1. The van der Waals surface area contributed by atoms with Crippen LogP contribution in [0.4, 0.5) is 4.79 Å². The second-order valence-electron chi connectivity index (χ2n) is 10.5. The Kier molecular flexibility index (Phi) is 8.90. The first-order chi connectivity index (χ1) is 20.0. The lowest BCUT2D eigenvalue weighted by molar-refractivity contribution is -0.0162. The summed E-state index contributed by atoms with van der Waals surface area (Å²) in [5, 5.41) is 0. The van der Waals surface area contributed by atoms with Gasteiger partial charge in [-0.15, -0.1) is 0 Å². The monoisotopic (exact) mass is 551 g/mol. The molecule has 1 amide bonds. The summed E-state index contributed by atoms with van der Waals surface area (Å²) in [7, 11) is 3.32. The van der Waals surface area contributed by atoms with Crippen molar-refractivity contribution in [3.8, 4) is 11.5 Å². The highest BCUT2D eigenvalue weighted by molar-refractivity contribution is 5.68. The van der Waals surface area contributed by atoms with Crippen LogP contribution in [0.3, 0.4) is 0 Å². The molecule has 1 aliphatic heterocycles. The highest BCUT2D eigenvalue weighted by Gasteiger charge is 2.41. The summed E-state index contributed by atoms with van der Waals surface area (Å²) in [6, 6.07) is 35.8. The van der Waals surface area contributed by atoms with Gasteiger partial charge in [-0.1, -0.05) is 91.9 Å². The Morgan fingerprint density at radius 2 is 1.27 bits per heavy atom. The summed E-state index contributed by atoms with van der Waals surface area (Å²) in [5.74, 6) is 1.87. The van der Waals surface area contributed by atoms with E-state index in [2.05, 4.69) is 19.1 Å². The van der Waals surface area contributed by atoms with E-state index in [-0.39, 0.29) is 18.7 Å². The zero-order valence-corrected chi connectivity index (χ0v) is 23.9. The molecular formula is C35H37NO5. The minimum absolute atomic E-state index is 0.132. The molecule has 0 N–H and O–H groups in total. The van der Waals surface area contributed by atoms with Crippen LogP contribution in [-0.4, -0.2) is 44.4 Å². The molecule has 0 radical (unpaired) electrons. The number of hydrogen-bond acceptors (Lipinski definition) is 5. The van der Waals surface area contributed by atoms with Gasteiger partial charge in [-0.25, -0.2) is 4.79 Å². The van der Waals surface area contributed by atoms with Crippen LogP contribution in [0.2, 0.25) is 0 Å². The first-order valence-electron chi connectivity index (χ1n) is 14.0. The van der Waals surface area contributed by atoms with Crippen LogP contribution < -0.4 is 9.47 Å². The van der Waals surface area contributed by atoms with Crippen molar-refractivity contribution in [2.75, 3.05) is 27.4 Å². The van der Waals surface area contributed by atoms with Gasteiger partial charge in [0.1, 0.15) is 23.7 Å². The Balaban J connectivity index is 1.48. The van der Waals surface area contributed by atoms with Gasteiger partial charge in [-0.3, -0.25) is 0 Å². The fraction of sp³-hybridized carbons (Fsp3) is 0.286. The molecule has 6 nitrogen and oxygen atoms in total. The molecule has 0 spiro atoms. The van der Waals surface area contributed by atoms with Crippen molar-refractivity contribution in [1.29, 1.82) is 0 Å². The predicted molar refractivity (Wildman–Crippen MR) is 159 cm³/mol. The van der Waals surface area contributed by atoms with Crippen molar-refractivity contribution in [3.05, 3.63) is 131 Å². The van der Waals surface area contributed by atoms with E-state index in [0.717, 1.165) is 40.2 Å². The molecule has 4 aromatic carbocycles. The lowest BCUT2D eigenvalue weighted by atomic mass is 9.80. The van der Waals surface area contributed by atoms with Crippen molar-refractivity contribution in [1.82, 2.24) is 4.90 Å². The molecule has 4 aromatic rings. The Hall–Kier alpha value is -4.29. The quantitative estimate of drug-likeness (QED) is 0.198. The van der Waals surface area contributed by atoms with Crippen LogP contribution in [0, 0.1) is 5.92 Å². The summed E-state index contributed by atoms with van der Waals surface area (Å²) in [4.78, 5) is 15.1. The lowest BCUT2D eigenvalue weighted by Crippen LogP contribution is -2.42. The fourth-order valence-corrected chi connectivity index (χ4v) is 5.63. The van der Waals surface area contributed by atoms with Crippen LogP contribution in [0.25, 0.3) is 0 Å². The molecule has 1 saturated heterocycles. The van der Waals surface area contributed by atoms with Gasteiger partial charge >= 0.3 is 6.09 Å². The van der Waals surface area contributed by atoms with E-state index in [1.807, 2.05) is 102 Å². The molecule has 1 heterocycles. The van der Waals surface area contributed by atoms with E-state index < -0.39 is 5.60 Å². The number of benzene rings is 4. The molecule has 0 aromatic heterocycles. The SMILES string of the molecule is COc1ccc(C(OC[C@@H]2C[C@@H](C)CN2C(=O)OCc2ccccc2)(c2ccccc2)c2ccc(OC)cc2)cc1. The smallest absolute Gasteiger partial charge is 0.410 e. The molecule has 0 unspecified atom stereocenters. The molecule has 2 atom stereocenters. The van der Waals surface area contributed by atoms with Gasteiger partial charge in [-0.05, 0) is 58.9 Å². The summed E-state index contributed by atoms with van der Waals surface area (Å²) in [6.45, 7) is 3.36. The first-order valence-corrected chi connectivity index (χ1v) is 14.0. The average molecular weight is 552 g/mol. The van der Waals surface area contributed by atoms with Gasteiger partial charge in [0.2, 0.25) is 0 Å². The summed E-state index contributed by atoms with van der Waals surface area (Å²) >= 11 is 0. The number of carbonyl (C=O) groups excluding carboxylic acids is 1. The van der Waals surface area contributed by atoms with Crippen molar-refractivity contribution in [2.24, 2.45) is 5.92 Å². The Bertz CT molecular complexity index is 1340. The van der Waals surface area contributed by atoms with Crippen molar-refractivity contribution in [2.45, 2.75) is 31.6 Å². The average Bonchev–Trinajstić information content (AvgIpc) is 3.42. The van der Waals surface area contributed by atoms with Gasteiger partial charge < -0.3 is 23.8 Å². The van der Waals surface area contributed by atoms with Crippen LogP contribution in [-0.2, 0) is 21.7 Å². The molecule has 212 valence electrons. The molecule has 0 aliphatic carbocycles. The van der Waals surface area contributed by atoms with Crippen LogP contribution in [0.15, 0.2) is 109 Å². The molecular weight excluding hydrogens is 514 g/mol. The minimum Gasteiger partial charge on any atom is -0.497 e. The van der Waals surface area contributed by atoms with Crippen molar-refractivity contribution in [3.63, 3.8) is 0 Å². The first kappa shape index (κ1) is 28.2. The van der Waals surface area contributed by atoms with Crippen molar-refractivity contribution >= 4 is 6.09 Å². The van der Waals surface area contributed by atoms with Crippen molar-refractivity contribution < 1.29 is 23.7 Å². The maximum absolute atomic E-state index is 13.3. The highest BCUT2D eigenvalue weighted by Crippen LogP contribution is 2.42. The molecule has 41 heavy (non-hydrogen) atoms. The van der Waals surface area contributed by atoms with E-state index in [1.54, 1.807) is 14.2 Å². The standard InChI is InChI=1S/C35H37NO5/c1-26-22-31(36(23-26)34(37)40-24-27-10-6-4-7-11-27)25-41-35(28-12-8-5-9-13-28,29-14-18-32(38-2)19-15-29)30-16-20-33(39-3)21-17-30/h4-21,26,31H,22-25H2,1-3H3/t26-,31+/m1/s1. The third-order valence-corrected chi connectivity index (χ3v) is 7.73. The van der Waals surface area contributed by atoms with Gasteiger partial charge in [0, 0.05) is 6.54 Å². The number of carbonyl (C=O) groups is 1. The maximum atomic E-state index is 13.3. The molecule has 0 saturated carbocycles. The van der Waals surface area contributed by atoms with Crippen LogP contribution in [0.5, 0.6) is 11.5 Å². The summed E-state index contributed by atoms with van der Waals surface area (Å²) in [5.41, 5.74) is 2.92. The molecule has 6 heteroatoms. The van der Waals surface area contributed by atoms with E-state index in [9.17, 15) is 4.79 Å². The third kappa shape index (κ3) is 6.23. The minimum atomic E-state index is -0.939. The lowest BCUT2D eigenvalue weighted by Gasteiger charge is -2.38. The number of rotatable bonds is 10. The zero-order valence-electron chi connectivity index (χ0n) is 23.9. The third-order valence-electron chi connectivity index (χ3n) is 7.73. The van der Waals surface area contributed by atoms with Gasteiger partial charge in [0.05, 0.1) is 26.9 Å². The number of methoxy groups -OCH3 is 2. The van der Waals surface area contributed by atoms with Gasteiger partial charge in [0.25, 0.3) is 0 Å². The highest BCUT2D eigenvalue weighted by atomic mass is 16.6. The number of likely N-dealkylation sites (tertiary alicyclic amines) is 1. The Labute approximate surface area is 242 Å². The molecule has 5 rings (SSSR count). The van der Waals surface area contributed by atoms with Gasteiger partial charge in [-0.2, -0.15) is 0 Å². The Morgan fingerprint density at radius 1 is 0.756 bits per heavy atom. The molecule has 0 bridgehead atoms. The maximum Gasteiger partial charge on any atom is 0.410 e. The molecule has 1 fully saturated rings. The molecule has 1 aliphatic rings. The topological polar surface area (TPSA) is 57.2 Å².